The molecule has 5 nitrogen and oxygen atoms in total. The van der Waals surface area contributed by atoms with Gasteiger partial charge in [0.15, 0.2) is 10.3 Å². The average Bonchev–Trinajstić information content (AvgIpc) is 2.22. The number of rotatable bonds is 1. The molecule has 1 amide bonds. The molecule has 1 aromatic heterocycles. The molecule has 1 aromatic rings. The first-order valence-corrected chi connectivity index (χ1v) is 5.13. The molecule has 0 radical (unpaired) electrons. The molecule has 1 fully saturated rings. The Morgan fingerprint density at radius 2 is 2.20 bits per heavy atom. The van der Waals surface area contributed by atoms with Crippen LogP contribution in [0.2, 0.25) is 10.3 Å². The summed E-state index contributed by atoms with van der Waals surface area (Å²) in [6, 6.07) is 1.61. The van der Waals surface area contributed by atoms with Crippen molar-refractivity contribution in [3.8, 4) is 0 Å². The number of hydrogen-bond donors (Lipinski definition) is 1. The first kappa shape index (κ1) is 10.4. The SMILES string of the molecule is O=C1CN(c2cc(Cl)nnc2Cl)CCN1. The molecule has 0 unspecified atom stereocenters. The summed E-state index contributed by atoms with van der Waals surface area (Å²) in [6.45, 7) is 1.55. The van der Waals surface area contributed by atoms with Crippen LogP contribution in [0.4, 0.5) is 5.69 Å². The molecule has 0 bridgehead atoms. The Balaban J connectivity index is 2.27. The minimum atomic E-state index is -0.0368. The van der Waals surface area contributed by atoms with Crippen LogP contribution in [-0.4, -0.2) is 35.7 Å². The lowest BCUT2D eigenvalue weighted by atomic mass is 10.3. The van der Waals surface area contributed by atoms with E-state index in [9.17, 15) is 4.79 Å². The van der Waals surface area contributed by atoms with Crippen LogP contribution in [0.25, 0.3) is 0 Å². The van der Waals surface area contributed by atoms with E-state index < -0.39 is 0 Å². The second-order valence-electron chi connectivity index (χ2n) is 3.11. The summed E-state index contributed by atoms with van der Waals surface area (Å²) in [5, 5.41) is 10.5. The summed E-state index contributed by atoms with van der Waals surface area (Å²) in [4.78, 5) is 13.0. The third kappa shape index (κ3) is 2.30. The predicted octanol–water partition coefficient (Wildman–Crippen LogP) is 0.720. The van der Waals surface area contributed by atoms with Crippen LogP contribution in [0, 0.1) is 0 Å². The Bertz CT molecular complexity index is 398. The van der Waals surface area contributed by atoms with Crippen molar-refractivity contribution in [3.05, 3.63) is 16.4 Å². The van der Waals surface area contributed by atoms with E-state index in [0.29, 0.717) is 18.8 Å². The average molecular weight is 247 g/mol. The number of anilines is 1. The van der Waals surface area contributed by atoms with Gasteiger partial charge in [0.1, 0.15) is 0 Å². The van der Waals surface area contributed by atoms with Crippen molar-refractivity contribution < 1.29 is 4.79 Å². The van der Waals surface area contributed by atoms with Crippen LogP contribution < -0.4 is 10.2 Å². The molecule has 1 saturated heterocycles. The number of carbonyl (C=O) groups excluding carboxylic acids is 1. The molecule has 0 atom stereocenters. The highest BCUT2D eigenvalue weighted by Crippen LogP contribution is 2.25. The van der Waals surface area contributed by atoms with Crippen molar-refractivity contribution in [2.75, 3.05) is 24.5 Å². The fourth-order valence-corrected chi connectivity index (χ4v) is 1.76. The highest BCUT2D eigenvalue weighted by atomic mass is 35.5. The van der Waals surface area contributed by atoms with Crippen LogP contribution >= 0.6 is 23.2 Å². The number of nitrogens with one attached hydrogen (secondary N) is 1. The van der Waals surface area contributed by atoms with E-state index in [1.54, 1.807) is 6.07 Å². The highest BCUT2D eigenvalue weighted by Gasteiger charge is 2.19. The van der Waals surface area contributed by atoms with Gasteiger partial charge in [0.25, 0.3) is 0 Å². The Morgan fingerprint density at radius 3 is 2.93 bits per heavy atom. The quantitative estimate of drug-likeness (QED) is 0.794. The van der Waals surface area contributed by atoms with Crippen LogP contribution in [0.15, 0.2) is 6.07 Å². The Morgan fingerprint density at radius 1 is 1.40 bits per heavy atom. The maximum absolute atomic E-state index is 11.2. The third-order valence-electron chi connectivity index (χ3n) is 2.08. The second-order valence-corrected chi connectivity index (χ2v) is 3.86. The van der Waals surface area contributed by atoms with Crippen LogP contribution in [0.3, 0.4) is 0 Å². The maximum atomic E-state index is 11.2. The topological polar surface area (TPSA) is 58.1 Å². The number of hydrogen-bond acceptors (Lipinski definition) is 4. The number of aromatic nitrogens is 2. The summed E-state index contributed by atoms with van der Waals surface area (Å²) >= 11 is 11.6. The largest absolute Gasteiger partial charge is 0.358 e. The van der Waals surface area contributed by atoms with Gasteiger partial charge < -0.3 is 10.2 Å². The van der Waals surface area contributed by atoms with E-state index in [4.69, 9.17) is 23.2 Å². The number of nitrogens with zero attached hydrogens (tertiary/aromatic N) is 3. The van der Waals surface area contributed by atoms with E-state index in [0.717, 1.165) is 0 Å². The minimum absolute atomic E-state index is 0.0368. The van der Waals surface area contributed by atoms with Gasteiger partial charge in [-0.1, -0.05) is 23.2 Å². The van der Waals surface area contributed by atoms with E-state index in [1.165, 1.54) is 0 Å². The first-order chi connectivity index (χ1) is 7.16. The fourth-order valence-electron chi connectivity index (χ4n) is 1.41. The molecule has 15 heavy (non-hydrogen) atoms. The van der Waals surface area contributed by atoms with Crippen LogP contribution in [0.5, 0.6) is 0 Å². The zero-order valence-corrected chi connectivity index (χ0v) is 9.22. The Labute approximate surface area is 96.4 Å². The van der Waals surface area contributed by atoms with Crippen molar-refractivity contribution >= 4 is 34.8 Å². The summed E-state index contributed by atoms with van der Waals surface area (Å²) in [5.74, 6) is -0.0368. The van der Waals surface area contributed by atoms with Gasteiger partial charge in [-0.15, -0.1) is 10.2 Å². The summed E-state index contributed by atoms with van der Waals surface area (Å²) in [7, 11) is 0. The van der Waals surface area contributed by atoms with E-state index in [-0.39, 0.29) is 22.8 Å². The smallest absolute Gasteiger partial charge is 0.239 e. The van der Waals surface area contributed by atoms with Gasteiger partial charge in [0.2, 0.25) is 5.91 Å². The van der Waals surface area contributed by atoms with Gasteiger partial charge in [-0.2, -0.15) is 0 Å². The van der Waals surface area contributed by atoms with E-state index in [2.05, 4.69) is 15.5 Å². The summed E-state index contributed by atoms with van der Waals surface area (Å²) in [5.41, 5.74) is 0.645. The molecule has 2 rings (SSSR count). The molecule has 0 aliphatic carbocycles. The van der Waals surface area contributed by atoms with Gasteiger partial charge in [0, 0.05) is 19.2 Å². The van der Waals surface area contributed by atoms with Crippen LogP contribution in [0.1, 0.15) is 0 Å². The fraction of sp³-hybridized carbons (Fsp3) is 0.375. The zero-order chi connectivity index (χ0) is 10.8. The molecule has 1 aliphatic rings. The lowest BCUT2D eigenvalue weighted by Crippen LogP contribution is -2.47. The van der Waals surface area contributed by atoms with Crippen molar-refractivity contribution in [1.29, 1.82) is 0 Å². The van der Waals surface area contributed by atoms with Crippen molar-refractivity contribution in [1.82, 2.24) is 15.5 Å². The summed E-state index contributed by atoms with van der Waals surface area (Å²) in [6.07, 6.45) is 0. The number of halogens is 2. The monoisotopic (exact) mass is 246 g/mol. The number of piperazine rings is 1. The van der Waals surface area contributed by atoms with E-state index >= 15 is 0 Å². The standard InChI is InChI=1S/C8H8Cl2N4O/c9-6-3-5(8(10)13-12-6)14-2-1-11-7(15)4-14/h3H,1-2,4H2,(H,11,15). The molecule has 2 heterocycles. The number of carbonyl (C=O) groups is 1. The van der Waals surface area contributed by atoms with Crippen molar-refractivity contribution in [3.63, 3.8) is 0 Å². The normalized spacial score (nSPS) is 16.4. The minimum Gasteiger partial charge on any atom is -0.358 e. The Kier molecular flexibility index (Phi) is 2.93. The molecule has 1 aliphatic heterocycles. The third-order valence-corrected chi connectivity index (χ3v) is 2.53. The van der Waals surface area contributed by atoms with Gasteiger partial charge in [-0.25, -0.2) is 0 Å². The van der Waals surface area contributed by atoms with E-state index in [1.807, 2.05) is 4.90 Å². The van der Waals surface area contributed by atoms with Crippen molar-refractivity contribution in [2.24, 2.45) is 0 Å². The molecular formula is C8H8Cl2N4O. The first-order valence-electron chi connectivity index (χ1n) is 4.37. The van der Waals surface area contributed by atoms with Crippen molar-refractivity contribution in [2.45, 2.75) is 0 Å². The highest BCUT2D eigenvalue weighted by molar-refractivity contribution is 6.33. The lowest BCUT2D eigenvalue weighted by Gasteiger charge is -2.28. The Hall–Kier alpha value is -1.07. The molecular weight excluding hydrogens is 239 g/mol. The lowest BCUT2D eigenvalue weighted by molar-refractivity contribution is -0.120. The molecule has 0 spiro atoms. The van der Waals surface area contributed by atoms with Gasteiger partial charge >= 0.3 is 0 Å². The van der Waals surface area contributed by atoms with Gasteiger partial charge in [-0.05, 0) is 0 Å². The molecule has 80 valence electrons. The van der Waals surface area contributed by atoms with Crippen LogP contribution in [-0.2, 0) is 4.79 Å². The zero-order valence-electron chi connectivity index (χ0n) is 7.70. The molecule has 1 N–H and O–H groups in total. The van der Waals surface area contributed by atoms with Gasteiger partial charge in [0.05, 0.1) is 12.2 Å². The number of amides is 1. The maximum Gasteiger partial charge on any atom is 0.239 e. The predicted molar refractivity (Wildman–Crippen MR) is 57.3 cm³/mol. The molecule has 7 heteroatoms. The molecule has 0 aromatic carbocycles. The summed E-state index contributed by atoms with van der Waals surface area (Å²) < 4.78 is 0. The van der Waals surface area contributed by atoms with Gasteiger partial charge in [-0.3, -0.25) is 4.79 Å². The second kappa shape index (κ2) is 4.20. The molecule has 0 saturated carbocycles.